The molecule has 0 spiro atoms. The van der Waals surface area contributed by atoms with Crippen LogP contribution in [0.5, 0.6) is 0 Å². The third-order valence-electron chi connectivity index (χ3n) is 8.32. The molecule has 7 rings (SSSR count). The van der Waals surface area contributed by atoms with Gasteiger partial charge in [-0.1, -0.05) is 0 Å². The fraction of sp³-hybridized carbons (Fsp3) is 0.625. The summed E-state index contributed by atoms with van der Waals surface area (Å²) in [6, 6.07) is 2.19. The van der Waals surface area contributed by atoms with Crippen LogP contribution in [0, 0.1) is 17.8 Å². The molecule has 4 bridgehead atoms. The number of fused-ring (bicyclic) bond motifs is 3. The number of carbonyl (C=O) groups is 2. The van der Waals surface area contributed by atoms with Gasteiger partial charge in [0, 0.05) is 37.5 Å². The van der Waals surface area contributed by atoms with E-state index in [1.165, 1.54) is 0 Å². The number of methoxy groups -OCH3 is 1. The molecule has 2 aromatic rings. The van der Waals surface area contributed by atoms with Gasteiger partial charge in [0.05, 0.1) is 23.4 Å². The van der Waals surface area contributed by atoms with Gasteiger partial charge in [-0.25, -0.2) is 0 Å². The number of aromatic nitrogens is 3. The second-order valence-electron chi connectivity index (χ2n) is 10.6. The summed E-state index contributed by atoms with van der Waals surface area (Å²) in [6.45, 7) is 2.56. The molecule has 3 heterocycles. The second kappa shape index (κ2) is 7.84. The van der Waals surface area contributed by atoms with Crippen LogP contribution < -0.4 is 16.0 Å². The number of amides is 2. The molecule has 10 nitrogen and oxygen atoms in total. The van der Waals surface area contributed by atoms with Crippen molar-refractivity contribution in [2.75, 3.05) is 24.3 Å². The first-order valence-corrected chi connectivity index (χ1v) is 12.2. The van der Waals surface area contributed by atoms with Crippen LogP contribution in [0.3, 0.4) is 0 Å². The molecule has 0 aromatic carbocycles. The summed E-state index contributed by atoms with van der Waals surface area (Å²) >= 11 is 0. The molecule has 2 amide bonds. The van der Waals surface area contributed by atoms with E-state index in [4.69, 9.17) is 9.84 Å². The summed E-state index contributed by atoms with van der Waals surface area (Å²) in [7, 11) is 1.56. The van der Waals surface area contributed by atoms with E-state index >= 15 is 0 Å². The standard InChI is InChI=1S/C24H32N6O4/c1-12(34-2)10-27-22(31)23(32)28-21-17-11-26-20-16(3-4-25-20)19(17)30(29-21)18-14-5-13-6-15(18)9-24(33,7-13)8-14/h3-4,12-15,18,25-26,33H,5-11H2,1-2H3,(H,27,31)(H,28,29,32)/t12?,13?,14-,15+,18?,24?. The van der Waals surface area contributed by atoms with Crippen LogP contribution in [0.25, 0.3) is 11.3 Å². The molecule has 0 saturated heterocycles. The highest BCUT2D eigenvalue weighted by Gasteiger charge is 2.56. The molecule has 5 aliphatic rings. The molecule has 4 unspecified atom stereocenters. The summed E-state index contributed by atoms with van der Waals surface area (Å²) in [6.07, 6.45) is 6.46. The van der Waals surface area contributed by atoms with E-state index in [0.29, 0.717) is 30.1 Å². The van der Waals surface area contributed by atoms with Crippen molar-refractivity contribution in [3.63, 3.8) is 0 Å². The Kier molecular flexibility index (Phi) is 5.00. The molecule has 4 fully saturated rings. The smallest absolute Gasteiger partial charge is 0.314 e. The molecule has 2 aromatic heterocycles. The first kappa shape index (κ1) is 21.7. The molecule has 10 heteroatoms. The zero-order valence-corrected chi connectivity index (χ0v) is 19.6. The number of anilines is 2. The normalized spacial score (nSPS) is 31.4. The van der Waals surface area contributed by atoms with Crippen LogP contribution in [-0.2, 0) is 20.9 Å². The number of nitrogens with zero attached hydrogens (tertiary/aromatic N) is 2. The first-order chi connectivity index (χ1) is 16.3. The zero-order valence-electron chi connectivity index (χ0n) is 19.6. The highest BCUT2D eigenvalue weighted by molar-refractivity contribution is 6.39. The van der Waals surface area contributed by atoms with Gasteiger partial charge >= 0.3 is 11.8 Å². The SMILES string of the molecule is COC(C)CNC(=O)C(=O)Nc1nn(C2[C@@H]3CC4C[C@H]2CC(O)(C4)C3)c2c1CNc1[nH]ccc1-2. The quantitative estimate of drug-likeness (QED) is 0.426. The Morgan fingerprint density at radius 2 is 2.06 bits per heavy atom. The molecule has 182 valence electrons. The van der Waals surface area contributed by atoms with E-state index in [1.807, 2.05) is 19.2 Å². The molecular formula is C24H32N6O4. The number of H-pyrrole nitrogens is 1. The maximum Gasteiger partial charge on any atom is 0.314 e. The van der Waals surface area contributed by atoms with E-state index in [-0.39, 0.29) is 18.7 Å². The van der Waals surface area contributed by atoms with E-state index in [1.54, 1.807) is 7.11 Å². The number of aliphatic hydroxyl groups is 1. The number of hydrogen-bond donors (Lipinski definition) is 5. The van der Waals surface area contributed by atoms with Crippen molar-refractivity contribution in [2.45, 2.75) is 63.3 Å². The van der Waals surface area contributed by atoms with Gasteiger partial charge in [0.25, 0.3) is 0 Å². The van der Waals surface area contributed by atoms with Crippen LogP contribution in [-0.4, -0.2) is 57.0 Å². The molecule has 4 aliphatic carbocycles. The van der Waals surface area contributed by atoms with Gasteiger partial charge in [0.2, 0.25) is 0 Å². The minimum atomic E-state index is -0.741. The van der Waals surface area contributed by atoms with Gasteiger partial charge in [-0.15, -0.1) is 0 Å². The average molecular weight is 469 g/mol. The fourth-order valence-corrected chi connectivity index (χ4v) is 7.05. The summed E-state index contributed by atoms with van der Waals surface area (Å²) in [5.74, 6) is 1.21. The summed E-state index contributed by atoms with van der Waals surface area (Å²) in [5.41, 5.74) is 2.35. The third kappa shape index (κ3) is 3.42. The largest absolute Gasteiger partial charge is 0.390 e. The van der Waals surface area contributed by atoms with Crippen molar-refractivity contribution in [3.8, 4) is 11.3 Å². The number of ether oxygens (including phenoxy) is 1. The van der Waals surface area contributed by atoms with Gasteiger partial charge in [-0.3, -0.25) is 14.3 Å². The predicted molar refractivity (Wildman–Crippen MR) is 125 cm³/mol. The minimum absolute atomic E-state index is 0.174. The second-order valence-corrected chi connectivity index (χ2v) is 10.6. The lowest BCUT2D eigenvalue weighted by atomic mass is 9.52. The maximum atomic E-state index is 12.7. The lowest BCUT2D eigenvalue weighted by Gasteiger charge is -2.58. The van der Waals surface area contributed by atoms with Crippen LogP contribution in [0.1, 0.15) is 50.6 Å². The van der Waals surface area contributed by atoms with Crippen molar-refractivity contribution < 1.29 is 19.4 Å². The minimum Gasteiger partial charge on any atom is -0.390 e. The first-order valence-electron chi connectivity index (χ1n) is 12.2. The lowest BCUT2D eigenvalue weighted by molar-refractivity contribution is -0.148. The molecule has 5 N–H and O–H groups in total. The Morgan fingerprint density at radius 3 is 2.76 bits per heavy atom. The monoisotopic (exact) mass is 468 g/mol. The number of nitrogens with one attached hydrogen (secondary N) is 4. The van der Waals surface area contributed by atoms with E-state index < -0.39 is 17.4 Å². The molecule has 4 saturated carbocycles. The van der Waals surface area contributed by atoms with E-state index in [2.05, 4.69) is 25.6 Å². The summed E-state index contributed by atoms with van der Waals surface area (Å²) in [5, 5.41) is 24.7. The summed E-state index contributed by atoms with van der Waals surface area (Å²) in [4.78, 5) is 28.3. The van der Waals surface area contributed by atoms with Gasteiger partial charge in [-0.05, 0) is 62.8 Å². The van der Waals surface area contributed by atoms with Crippen LogP contribution >= 0.6 is 0 Å². The highest BCUT2D eigenvalue weighted by Crippen LogP contribution is 2.60. The Morgan fingerprint density at radius 1 is 1.29 bits per heavy atom. The van der Waals surface area contributed by atoms with Crippen molar-refractivity contribution in [2.24, 2.45) is 17.8 Å². The van der Waals surface area contributed by atoms with Gasteiger partial charge in [0.1, 0.15) is 5.82 Å². The Hall–Kier alpha value is -2.85. The Bertz CT molecular complexity index is 1120. The van der Waals surface area contributed by atoms with Crippen molar-refractivity contribution in [3.05, 3.63) is 17.8 Å². The maximum absolute atomic E-state index is 12.7. The van der Waals surface area contributed by atoms with Gasteiger partial charge in [0.15, 0.2) is 5.82 Å². The molecule has 1 aliphatic heterocycles. The van der Waals surface area contributed by atoms with E-state index in [0.717, 1.165) is 54.7 Å². The lowest BCUT2D eigenvalue weighted by Crippen LogP contribution is -2.55. The molecule has 34 heavy (non-hydrogen) atoms. The number of carbonyl (C=O) groups excluding carboxylic acids is 2. The van der Waals surface area contributed by atoms with Gasteiger partial charge in [-0.2, -0.15) is 5.10 Å². The summed E-state index contributed by atoms with van der Waals surface area (Å²) < 4.78 is 7.23. The molecule has 6 atom stereocenters. The molecular weight excluding hydrogens is 436 g/mol. The number of hydrogen-bond acceptors (Lipinski definition) is 6. The van der Waals surface area contributed by atoms with Gasteiger partial charge < -0.3 is 30.8 Å². The van der Waals surface area contributed by atoms with Crippen molar-refractivity contribution >= 4 is 23.5 Å². The average Bonchev–Trinajstić information content (AvgIpc) is 3.40. The Balaban J connectivity index is 1.33. The van der Waals surface area contributed by atoms with Crippen LogP contribution in [0.2, 0.25) is 0 Å². The number of aromatic amines is 1. The zero-order chi connectivity index (χ0) is 23.6. The van der Waals surface area contributed by atoms with E-state index in [9.17, 15) is 14.7 Å². The Labute approximate surface area is 197 Å². The number of rotatable bonds is 5. The van der Waals surface area contributed by atoms with Crippen LogP contribution in [0.4, 0.5) is 11.6 Å². The third-order valence-corrected chi connectivity index (χ3v) is 8.32. The highest BCUT2D eigenvalue weighted by atomic mass is 16.5. The molecule has 0 radical (unpaired) electrons. The predicted octanol–water partition coefficient (Wildman–Crippen LogP) is 2.01. The fourth-order valence-electron chi connectivity index (χ4n) is 7.05. The van der Waals surface area contributed by atoms with Crippen molar-refractivity contribution in [1.29, 1.82) is 0 Å². The topological polar surface area (TPSA) is 133 Å². The van der Waals surface area contributed by atoms with Crippen LogP contribution in [0.15, 0.2) is 12.3 Å². The van der Waals surface area contributed by atoms with Crippen molar-refractivity contribution in [1.82, 2.24) is 20.1 Å².